The highest BCUT2D eigenvalue weighted by Crippen LogP contribution is 2.27. The first-order valence-corrected chi connectivity index (χ1v) is 6.01. The van der Waals surface area contributed by atoms with E-state index in [-0.39, 0.29) is 11.3 Å². The van der Waals surface area contributed by atoms with Crippen LogP contribution >= 0.6 is 0 Å². The van der Waals surface area contributed by atoms with E-state index in [1.807, 2.05) is 6.07 Å². The maximum absolute atomic E-state index is 11.7. The number of benzene rings is 2. The SMILES string of the molecule is O=C(C#Cc1ccccc1)Nc1cccc(C(=O)O)c1O. The zero-order chi connectivity index (χ0) is 15.2. The predicted octanol–water partition coefficient (Wildman–Crippen LogP) is 2.08. The van der Waals surface area contributed by atoms with E-state index in [1.54, 1.807) is 24.3 Å². The van der Waals surface area contributed by atoms with Crippen molar-refractivity contribution >= 4 is 17.6 Å². The molecule has 0 saturated carbocycles. The van der Waals surface area contributed by atoms with Crippen LogP contribution in [0.2, 0.25) is 0 Å². The molecule has 0 aliphatic rings. The minimum Gasteiger partial charge on any atom is -0.505 e. The van der Waals surface area contributed by atoms with Crippen molar-refractivity contribution in [3.05, 3.63) is 59.7 Å². The minimum atomic E-state index is -1.28. The number of carboxylic acids is 1. The van der Waals surface area contributed by atoms with Gasteiger partial charge in [0.05, 0.1) is 5.69 Å². The second-order valence-electron chi connectivity index (χ2n) is 4.08. The van der Waals surface area contributed by atoms with E-state index in [0.29, 0.717) is 5.56 Å². The van der Waals surface area contributed by atoms with Crippen LogP contribution in [0.1, 0.15) is 15.9 Å². The monoisotopic (exact) mass is 281 g/mol. The third kappa shape index (κ3) is 3.61. The molecule has 0 saturated heterocycles. The quantitative estimate of drug-likeness (QED) is 0.581. The number of rotatable bonds is 2. The summed E-state index contributed by atoms with van der Waals surface area (Å²) in [6, 6.07) is 13.0. The molecule has 21 heavy (non-hydrogen) atoms. The molecule has 1 amide bonds. The number of anilines is 1. The number of para-hydroxylation sites is 1. The molecule has 0 aromatic heterocycles. The molecule has 0 aliphatic carbocycles. The Morgan fingerprint density at radius 3 is 2.38 bits per heavy atom. The van der Waals surface area contributed by atoms with Gasteiger partial charge in [-0.1, -0.05) is 30.2 Å². The lowest BCUT2D eigenvalue weighted by Crippen LogP contribution is -2.10. The number of carboxylic acid groups (broad SMARTS) is 1. The number of carbonyl (C=O) groups is 2. The summed E-state index contributed by atoms with van der Waals surface area (Å²) in [6.07, 6.45) is 0. The molecule has 2 aromatic carbocycles. The third-order valence-corrected chi connectivity index (χ3v) is 2.61. The van der Waals surface area contributed by atoms with Gasteiger partial charge in [0.15, 0.2) is 5.75 Å². The normalized spacial score (nSPS) is 9.33. The van der Waals surface area contributed by atoms with Gasteiger partial charge in [0, 0.05) is 11.5 Å². The second kappa shape index (κ2) is 6.26. The van der Waals surface area contributed by atoms with Gasteiger partial charge in [0.25, 0.3) is 0 Å². The largest absolute Gasteiger partial charge is 0.505 e. The Balaban J connectivity index is 2.16. The van der Waals surface area contributed by atoms with E-state index in [2.05, 4.69) is 17.2 Å². The summed E-state index contributed by atoms with van der Waals surface area (Å²) in [7, 11) is 0. The fourth-order valence-electron chi connectivity index (χ4n) is 1.62. The van der Waals surface area contributed by atoms with Crippen molar-refractivity contribution in [3.8, 4) is 17.6 Å². The average molecular weight is 281 g/mol. The lowest BCUT2D eigenvalue weighted by molar-refractivity contribution is -0.111. The van der Waals surface area contributed by atoms with Gasteiger partial charge >= 0.3 is 11.9 Å². The zero-order valence-corrected chi connectivity index (χ0v) is 10.8. The number of carbonyl (C=O) groups excluding carboxylic acids is 1. The van der Waals surface area contributed by atoms with Crippen LogP contribution in [0.25, 0.3) is 0 Å². The fourth-order valence-corrected chi connectivity index (χ4v) is 1.62. The smallest absolute Gasteiger partial charge is 0.339 e. The Hall–Kier alpha value is -3.26. The van der Waals surface area contributed by atoms with E-state index in [0.717, 1.165) is 0 Å². The molecule has 104 valence electrons. The van der Waals surface area contributed by atoms with Crippen molar-refractivity contribution < 1.29 is 19.8 Å². The van der Waals surface area contributed by atoms with Crippen molar-refractivity contribution in [2.45, 2.75) is 0 Å². The Morgan fingerprint density at radius 2 is 1.71 bits per heavy atom. The van der Waals surface area contributed by atoms with Crippen molar-refractivity contribution in [3.63, 3.8) is 0 Å². The molecular weight excluding hydrogens is 270 g/mol. The lowest BCUT2D eigenvalue weighted by atomic mass is 10.1. The zero-order valence-electron chi connectivity index (χ0n) is 10.8. The first-order chi connectivity index (χ1) is 10.1. The first kappa shape index (κ1) is 14.2. The van der Waals surface area contributed by atoms with E-state index >= 15 is 0 Å². The average Bonchev–Trinajstić information content (AvgIpc) is 2.48. The van der Waals surface area contributed by atoms with Gasteiger partial charge in [-0.25, -0.2) is 4.79 Å². The van der Waals surface area contributed by atoms with Gasteiger partial charge in [0.2, 0.25) is 0 Å². The van der Waals surface area contributed by atoms with Gasteiger partial charge in [-0.05, 0) is 24.3 Å². The number of hydrogen-bond acceptors (Lipinski definition) is 3. The summed E-state index contributed by atoms with van der Waals surface area (Å²) in [5, 5.41) is 21.0. The van der Waals surface area contributed by atoms with Gasteiger partial charge in [-0.15, -0.1) is 0 Å². The maximum atomic E-state index is 11.7. The van der Waals surface area contributed by atoms with Crippen LogP contribution in [0.3, 0.4) is 0 Å². The van der Waals surface area contributed by atoms with Crippen LogP contribution in [0.15, 0.2) is 48.5 Å². The Labute approximate surface area is 120 Å². The summed E-state index contributed by atoms with van der Waals surface area (Å²) < 4.78 is 0. The summed E-state index contributed by atoms with van der Waals surface area (Å²) in [4.78, 5) is 22.5. The fraction of sp³-hybridized carbons (Fsp3) is 0. The first-order valence-electron chi connectivity index (χ1n) is 6.01. The van der Waals surface area contributed by atoms with Crippen LogP contribution in [0, 0.1) is 11.8 Å². The molecule has 0 heterocycles. The van der Waals surface area contributed by atoms with Gasteiger partial charge < -0.3 is 15.5 Å². The van der Waals surface area contributed by atoms with Crippen LogP contribution in [-0.2, 0) is 4.79 Å². The molecule has 0 spiro atoms. The summed E-state index contributed by atoms with van der Waals surface area (Å²) in [6.45, 7) is 0. The topological polar surface area (TPSA) is 86.6 Å². The Bertz CT molecular complexity index is 742. The summed E-state index contributed by atoms with van der Waals surface area (Å²) >= 11 is 0. The molecule has 0 aliphatic heterocycles. The van der Waals surface area contributed by atoms with Crippen LogP contribution in [-0.4, -0.2) is 22.1 Å². The van der Waals surface area contributed by atoms with Crippen LogP contribution in [0.5, 0.6) is 5.75 Å². The molecule has 5 heteroatoms. The van der Waals surface area contributed by atoms with Gasteiger partial charge in [-0.3, -0.25) is 4.79 Å². The number of aromatic hydroxyl groups is 1. The Morgan fingerprint density at radius 1 is 1.00 bits per heavy atom. The molecule has 2 rings (SSSR count). The van der Waals surface area contributed by atoms with Crippen molar-refractivity contribution in [2.24, 2.45) is 0 Å². The highest BCUT2D eigenvalue weighted by atomic mass is 16.4. The second-order valence-corrected chi connectivity index (χ2v) is 4.08. The number of phenols is 1. The van der Waals surface area contributed by atoms with Gasteiger partial charge in [0.1, 0.15) is 5.56 Å². The highest BCUT2D eigenvalue weighted by molar-refractivity contribution is 6.06. The molecule has 3 N–H and O–H groups in total. The number of nitrogens with one attached hydrogen (secondary N) is 1. The standard InChI is InChI=1S/C16H11NO4/c18-14(10-9-11-5-2-1-3-6-11)17-13-8-4-7-12(15(13)19)16(20)21/h1-8,19H,(H,17,18)(H,20,21). The molecule has 0 radical (unpaired) electrons. The molecular formula is C16H11NO4. The number of amides is 1. The van der Waals surface area contributed by atoms with Crippen molar-refractivity contribution in [2.75, 3.05) is 5.32 Å². The molecule has 0 bridgehead atoms. The van der Waals surface area contributed by atoms with Crippen molar-refractivity contribution in [1.29, 1.82) is 0 Å². The lowest BCUT2D eigenvalue weighted by Gasteiger charge is -2.06. The highest BCUT2D eigenvalue weighted by Gasteiger charge is 2.13. The van der Waals surface area contributed by atoms with Crippen LogP contribution in [0.4, 0.5) is 5.69 Å². The minimum absolute atomic E-state index is 0.00209. The third-order valence-electron chi connectivity index (χ3n) is 2.61. The van der Waals surface area contributed by atoms with E-state index in [9.17, 15) is 14.7 Å². The predicted molar refractivity (Wildman–Crippen MR) is 77.0 cm³/mol. The van der Waals surface area contributed by atoms with Crippen molar-refractivity contribution in [1.82, 2.24) is 0 Å². The summed E-state index contributed by atoms with van der Waals surface area (Å²) in [5.74, 6) is 2.61. The molecule has 2 aromatic rings. The number of hydrogen-bond donors (Lipinski definition) is 3. The summed E-state index contributed by atoms with van der Waals surface area (Å²) in [5.41, 5.74) is 0.391. The van der Waals surface area contributed by atoms with E-state index in [4.69, 9.17) is 5.11 Å². The molecule has 0 atom stereocenters. The van der Waals surface area contributed by atoms with Gasteiger partial charge in [-0.2, -0.15) is 0 Å². The van der Waals surface area contributed by atoms with Crippen LogP contribution < -0.4 is 5.32 Å². The molecule has 0 unspecified atom stereocenters. The van der Waals surface area contributed by atoms with E-state index < -0.39 is 17.6 Å². The van der Waals surface area contributed by atoms with E-state index in [1.165, 1.54) is 18.2 Å². The maximum Gasteiger partial charge on any atom is 0.339 e. The number of aromatic carboxylic acids is 1. The molecule has 0 fully saturated rings. The Kier molecular flexibility index (Phi) is 4.22. The molecule has 5 nitrogen and oxygen atoms in total.